The summed E-state index contributed by atoms with van der Waals surface area (Å²) >= 11 is 0. The summed E-state index contributed by atoms with van der Waals surface area (Å²) in [6, 6.07) is 11.3. The second-order valence-electron chi connectivity index (χ2n) is 8.36. The van der Waals surface area contributed by atoms with Gasteiger partial charge in [-0.25, -0.2) is 4.98 Å². The van der Waals surface area contributed by atoms with Crippen molar-refractivity contribution >= 4 is 23.5 Å². The summed E-state index contributed by atoms with van der Waals surface area (Å²) in [5.74, 6) is -0.563. The van der Waals surface area contributed by atoms with Gasteiger partial charge in [-0.15, -0.1) is 0 Å². The molecule has 3 N–H and O–H groups in total. The number of hydrogen-bond acceptors (Lipinski definition) is 5. The molecule has 0 fully saturated rings. The second-order valence-corrected chi connectivity index (χ2v) is 8.36. The number of anilines is 1. The zero-order valence-electron chi connectivity index (χ0n) is 19.0. The van der Waals surface area contributed by atoms with E-state index in [1.165, 1.54) is 4.90 Å². The number of pyridine rings is 1. The average molecular weight is 438 g/mol. The first-order valence-corrected chi connectivity index (χ1v) is 10.9. The molecule has 1 aromatic heterocycles. The Kier molecular flexibility index (Phi) is 7.58. The van der Waals surface area contributed by atoms with Gasteiger partial charge in [0, 0.05) is 19.2 Å². The molecule has 3 rings (SSSR count). The number of rotatable bonds is 8. The molecular weight excluding hydrogens is 406 g/mol. The topological polar surface area (TPSA) is 103 Å². The lowest BCUT2D eigenvalue weighted by atomic mass is 10.0. The Labute approximate surface area is 188 Å². The number of nitrogens with one attached hydrogen (secondary N) is 3. The number of benzene rings is 1. The predicted octanol–water partition coefficient (Wildman–Crippen LogP) is 1.40. The fourth-order valence-electron chi connectivity index (χ4n) is 3.70. The van der Waals surface area contributed by atoms with Crippen molar-refractivity contribution in [2.45, 2.75) is 51.9 Å². The Morgan fingerprint density at radius 1 is 1.09 bits per heavy atom. The van der Waals surface area contributed by atoms with Crippen LogP contribution in [0.5, 0.6) is 0 Å². The van der Waals surface area contributed by atoms with Gasteiger partial charge in [-0.05, 0) is 37.1 Å². The number of carbonyl (C=O) groups is 3. The van der Waals surface area contributed by atoms with Crippen LogP contribution in [0.25, 0.3) is 0 Å². The number of amides is 3. The molecule has 2 aromatic rings. The van der Waals surface area contributed by atoms with Crippen molar-refractivity contribution in [3.05, 3.63) is 59.8 Å². The maximum absolute atomic E-state index is 13.7. The molecule has 0 radical (unpaired) electrons. The summed E-state index contributed by atoms with van der Waals surface area (Å²) in [7, 11) is 1.68. The predicted molar refractivity (Wildman–Crippen MR) is 123 cm³/mol. The van der Waals surface area contributed by atoms with Gasteiger partial charge in [0.05, 0.1) is 6.04 Å². The molecule has 0 aliphatic carbocycles. The quantitative estimate of drug-likeness (QED) is 0.579. The molecule has 1 aliphatic heterocycles. The summed E-state index contributed by atoms with van der Waals surface area (Å²) in [5, 5.41) is 8.66. The molecule has 170 valence electrons. The highest BCUT2D eigenvalue weighted by atomic mass is 16.2. The fraction of sp³-hybridized carbons (Fsp3) is 0.417. The first-order valence-electron chi connectivity index (χ1n) is 10.9. The van der Waals surface area contributed by atoms with Crippen molar-refractivity contribution in [2.75, 3.05) is 11.9 Å². The van der Waals surface area contributed by atoms with Crippen LogP contribution in [0, 0.1) is 5.92 Å². The van der Waals surface area contributed by atoms with E-state index in [2.05, 4.69) is 20.9 Å². The van der Waals surface area contributed by atoms with E-state index in [9.17, 15) is 14.4 Å². The van der Waals surface area contributed by atoms with E-state index in [0.29, 0.717) is 18.8 Å². The number of fused-ring (bicyclic) bond motifs is 1. The lowest BCUT2D eigenvalue weighted by Gasteiger charge is -2.31. The summed E-state index contributed by atoms with van der Waals surface area (Å²) in [6.45, 7) is 5.83. The zero-order chi connectivity index (χ0) is 23.3. The van der Waals surface area contributed by atoms with Crippen LogP contribution in [0.3, 0.4) is 0 Å². The summed E-state index contributed by atoms with van der Waals surface area (Å²) in [4.78, 5) is 45.1. The molecule has 0 saturated heterocycles. The third kappa shape index (κ3) is 5.13. The van der Waals surface area contributed by atoms with Gasteiger partial charge in [-0.3, -0.25) is 19.3 Å². The first-order chi connectivity index (χ1) is 15.3. The number of aromatic nitrogens is 1. The van der Waals surface area contributed by atoms with Gasteiger partial charge in [-0.1, -0.05) is 50.2 Å². The first kappa shape index (κ1) is 23.4. The van der Waals surface area contributed by atoms with Gasteiger partial charge in [0.25, 0.3) is 5.91 Å². The van der Waals surface area contributed by atoms with Crippen LogP contribution in [-0.4, -0.2) is 47.9 Å². The van der Waals surface area contributed by atoms with Crippen LogP contribution in [-0.2, 0) is 27.3 Å². The second kappa shape index (κ2) is 10.4. The molecule has 2 heterocycles. The summed E-state index contributed by atoms with van der Waals surface area (Å²) in [5.41, 5.74) is 1.80. The van der Waals surface area contributed by atoms with E-state index in [1.54, 1.807) is 26.2 Å². The van der Waals surface area contributed by atoms with E-state index < -0.39 is 18.1 Å². The van der Waals surface area contributed by atoms with Crippen molar-refractivity contribution < 1.29 is 14.4 Å². The smallest absolute Gasteiger partial charge is 0.251 e. The largest absolute Gasteiger partial charge is 0.350 e. The molecule has 32 heavy (non-hydrogen) atoms. The molecule has 2 unspecified atom stereocenters. The SMILES string of the molecule is CN[C@@H](C)C(=O)NC(C(=O)N1c2ncccc2CC1C(=O)NCc1ccccc1)C(C)C. The maximum atomic E-state index is 13.7. The molecule has 1 aromatic carbocycles. The molecular formula is C24H31N5O3. The average Bonchev–Trinajstić information content (AvgIpc) is 3.20. The minimum atomic E-state index is -0.782. The molecule has 3 amide bonds. The molecule has 0 saturated carbocycles. The van der Waals surface area contributed by atoms with Crippen molar-refractivity contribution in [1.29, 1.82) is 0 Å². The van der Waals surface area contributed by atoms with E-state index >= 15 is 0 Å². The lowest BCUT2D eigenvalue weighted by molar-refractivity contribution is -0.131. The van der Waals surface area contributed by atoms with Gasteiger partial charge in [-0.2, -0.15) is 0 Å². The number of likely N-dealkylation sites (N-methyl/N-ethyl adjacent to an activating group) is 1. The Hall–Kier alpha value is -3.26. The van der Waals surface area contributed by atoms with Crippen LogP contribution in [0.4, 0.5) is 5.82 Å². The maximum Gasteiger partial charge on any atom is 0.251 e. The van der Waals surface area contributed by atoms with Crippen molar-refractivity contribution in [1.82, 2.24) is 20.9 Å². The minimum absolute atomic E-state index is 0.170. The zero-order valence-corrected chi connectivity index (χ0v) is 19.0. The fourth-order valence-corrected chi connectivity index (χ4v) is 3.70. The summed E-state index contributed by atoms with van der Waals surface area (Å²) < 4.78 is 0. The van der Waals surface area contributed by atoms with E-state index in [0.717, 1.165) is 11.1 Å². The Balaban J connectivity index is 1.84. The van der Waals surface area contributed by atoms with Crippen LogP contribution in [0.15, 0.2) is 48.7 Å². The van der Waals surface area contributed by atoms with Gasteiger partial charge in [0.1, 0.15) is 17.9 Å². The molecule has 8 heteroatoms. The van der Waals surface area contributed by atoms with Crippen molar-refractivity contribution in [3.8, 4) is 0 Å². The van der Waals surface area contributed by atoms with Gasteiger partial charge in [0.15, 0.2) is 0 Å². The molecule has 0 spiro atoms. The molecule has 3 atom stereocenters. The third-order valence-electron chi connectivity index (χ3n) is 5.73. The Morgan fingerprint density at radius 2 is 1.81 bits per heavy atom. The highest BCUT2D eigenvalue weighted by Crippen LogP contribution is 2.31. The minimum Gasteiger partial charge on any atom is -0.350 e. The Morgan fingerprint density at radius 3 is 2.47 bits per heavy atom. The van der Waals surface area contributed by atoms with E-state index in [4.69, 9.17) is 0 Å². The third-order valence-corrected chi connectivity index (χ3v) is 5.73. The van der Waals surface area contributed by atoms with Crippen molar-refractivity contribution in [3.63, 3.8) is 0 Å². The molecule has 1 aliphatic rings. The number of hydrogen-bond donors (Lipinski definition) is 3. The van der Waals surface area contributed by atoms with Crippen LogP contribution in [0.2, 0.25) is 0 Å². The van der Waals surface area contributed by atoms with Gasteiger partial charge < -0.3 is 16.0 Å². The van der Waals surface area contributed by atoms with E-state index in [1.807, 2.05) is 50.2 Å². The Bertz CT molecular complexity index is 963. The number of nitrogens with zero attached hydrogens (tertiary/aromatic N) is 2. The lowest BCUT2D eigenvalue weighted by Crippen LogP contribution is -2.58. The van der Waals surface area contributed by atoms with Crippen LogP contribution < -0.4 is 20.9 Å². The highest BCUT2D eigenvalue weighted by molar-refractivity contribution is 6.06. The summed E-state index contributed by atoms with van der Waals surface area (Å²) in [6.07, 6.45) is 1.98. The highest BCUT2D eigenvalue weighted by Gasteiger charge is 2.42. The van der Waals surface area contributed by atoms with Gasteiger partial charge >= 0.3 is 0 Å². The van der Waals surface area contributed by atoms with Crippen molar-refractivity contribution in [2.24, 2.45) is 5.92 Å². The van der Waals surface area contributed by atoms with Crippen LogP contribution >= 0.6 is 0 Å². The van der Waals surface area contributed by atoms with Crippen LogP contribution in [0.1, 0.15) is 31.9 Å². The monoisotopic (exact) mass is 437 g/mol. The van der Waals surface area contributed by atoms with E-state index in [-0.39, 0.29) is 23.6 Å². The standard InChI is InChI=1S/C24H31N5O3/c1-15(2)20(28-22(30)16(3)25-4)24(32)29-19(13-18-11-8-12-26-21(18)29)23(31)27-14-17-9-6-5-7-10-17/h5-12,15-16,19-20,25H,13-14H2,1-4H3,(H,27,31)(H,28,30)/t16-,19?,20?/m0/s1. The number of carbonyl (C=O) groups excluding carboxylic acids is 3. The molecule has 0 bridgehead atoms. The molecule has 8 nitrogen and oxygen atoms in total. The van der Waals surface area contributed by atoms with Gasteiger partial charge in [0.2, 0.25) is 11.8 Å². The normalized spacial score (nSPS) is 16.9.